The lowest BCUT2D eigenvalue weighted by Crippen LogP contribution is -2.18. The van der Waals surface area contributed by atoms with Crippen LogP contribution >= 0.6 is 23.2 Å². The molecule has 0 N–H and O–H groups in total. The van der Waals surface area contributed by atoms with Gasteiger partial charge in [-0.2, -0.15) is 0 Å². The van der Waals surface area contributed by atoms with Gasteiger partial charge in [0.05, 0.1) is 17.2 Å². The number of carbonyl (C=O) groups excluding carboxylic acids is 1. The Kier molecular flexibility index (Phi) is 7.45. The zero-order valence-electron chi connectivity index (χ0n) is 18.1. The molecular weight excluding hydrogens is 436 g/mol. The highest BCUT2D eigenvalue weighted by atomic mass is 35.5. The van der Waals surface area contributed by atoms with Crippen LogP contribution in [0.25, 0.3) is 0 Å². The molecule has 0 amide bonds. The number of aryl methyl sites for hydroxylation is 1. The smallest absolute Gasteiger partial charge is 0.339 e. The molecule has 0 saturated carbocycles. The number of esters is 1. The van der Waals surface area contributed by atoms with E-state index in [0.29, 0.717) is 22.6 Å². The number of hydrogen-bond donors (Lipinski definition) is 0. The SMILES string of the molecule is CCOC(=O)c1ccn(C(C)C)c1C(Cc1cccc(Cl)c1F)c1ccc(Cl)cc1C. The maximum atomic E-state index is 14.9. The minimum Gasteiger partial charge on any atom is -0.462 e. The Morgan fingerprint density at radius 1 is 1.16 bits per heavy atom. The Morgan fingerprint density at radius 2 is 1.90 bits per heavy atom. The van der Waals surface area contributed by atoms with Crippen LogP contribution in [0.4, 0.5) is 4.39 Å². The summed E-state index contributed by atoms with van der Waals surface area (Å²) in [5, 5.41) is 0.702. The number of benzene rings is 2. The third kappa shape index (κ3) is 4.97. The van der Waals surface area contributed by atoms with Gasteiger partial charge in [0, 0.05) is 28.9 Å². The number of rotatable bonds is 7. The Hall–Kier alpha value is -2.30. The molecule has 1 heterocycles. The van der Waals surface area contributed by atoms with Gasteiger partial charge in [-0.1, -0.05) is 41.4 Å². The molecule has 1 aromatic heterocycles. The molecule has 3 rings (SSSR count). The molecule has 2 aromatic carbocycles. The van der Waals surface area contributed by atoms with Gasteiger partial charge in [-0.3, -0.25) is 0 Å². The molecule has 0 radical (unpaired) electrons. The van der Waals surface area contributed by atoms with Crippen molar-refractivity contribution >= 4 is 29.2 Å². The van der Waals surface area contributed by atoms with Crippen molar-refractivity contribution < 1.29 is 13.9 Å². The van der Waals surface area contributed by atoms with E-state index in [9.17, 15) is 9.18 Å². The molecule has 0 fully saturated rings. The number of hydrogen-bond acceptors (Lipinski definition) is 2. The van der Waals surface area contributed by atoms with Crippen molar-refractivity contribution in [3.05, 3.63) is 92.5 Å². The van der Waals surface area contributed by atoms with Crippen molar-refractivity contribution in [3.63, 3.8) is 0 Å². The van der Waals surface area contributed by atoms with E-state index in [1.807, 2.05) is 49.7 Å². The molecule has 1 atom stereocenters. The molecule has 0 aliphatic heterocycles. The normalized spacial score (nSPS) is 12.3. The molecule has 3 nitrogen and oxygen atoms in total. The van der Waals surface area contributed by atoms with Crippen LogP contribution < -0.4 is 0 Å². The van der Waals surface area contributed by atoms with E-state index < -0.39 is 5.82 Å². The first-order valence-corrected chi connectivity index (χ1v) is 11.1. The molecule has 164 valence electrons. The maximum Gasteiger partial charge on any atom is 0.339 e. The minimum atomic E-state index is -0.443. The summed E-state index contributed by atoms with van der Waals surface area (Å²) in [7, 11) is 0. The molecule has 31 heavy (non-hydrogen) atoms. The van der Waals surface area contributed by atoms with Crippen LogP contribution in [0.1, 0.15) is 65.5 Å². The van der Waals surface area contributed by atoms with Crippen molar-refractivity contribution in [2.75, 3.05) is 6.61 Å². The van der Waals surface area contributed by atoms with E-state index in [4.69, 9.17) is 27.9 Å². The second-order valence-electron chi connectivity index (χ2n) is 7.81. The van der Waals surface area contributed by atoms with Crippen LogP contribution in [-0.2, 0) is 11.2 Å². The van der Waals surface area contributed by atoms with Gasteiger partial charge in [0.15, 0.2) is 0 Å². The summed E-state index contributed by atoms with van der Waals surface area (Å²) in [6, 6.07) is 12.5. The summed E-state index contributed by atoms with van der Waals surface area (Å²) in [6.45, 7) is 8.11. The molecule has 3 aromatic rings. The van der Waals surface area contributed by atoms with Crippen molar-refractivity contribution in [1.29, 1.82) is 0 Å². The Balaban J connectivity index is 2.25. The summed E-state index contributed by atoms with van der Waals surface area (Å²) in [5.74, 6) is -1.14. The van der Waals surface area contributed by atoms with Gasteiger partial charge < -0.3 is 9.30 Å². The zero-order valence-corrected chi connectivity index (χ0v) is 19.6. The zero-order chi connectivity index (χ0) is 22.7. The number of aromatic nitrogens is 1. The third-order valence-corrected chi connectivity index (χ3v) is 5.93. The van der Waals surface area contributed by atoms with E-state index in [-0.39, 0.29) is 29.6 Å². The third-order valence-electron chi connectivity index (χ3n) is 5.40. The van der Waals surface area contributed by atoms with Crippen LogP contribution in [0.15, 0.2) is 48.7 Å². The van der Waals surface area contributed by atoms with E-state index >= 15 is 0 Å². The Labute approximate surface area is 192 Å². The van der Waals surface area contributed by atoms with Crippen LogP contribution in [0.3, 0.4) is 0 Å². The summed E-state index contributed by atoms with van der Waals surface area (Å²) in [4.78, 5) is 12.8. The van der Waals surface area contributed by atoms with Crippen molar-refractivity contribution in [3.8, 4) is 0 Å². The fourth-order valence-corrected chi connectivity index (χ4v) is 4.39. The van der Waals surface area contributed by atoms with Crippen LogP contribution in [0.5, 0.6) is 0 Å². The topological polar surface area (TPSA) is 31.2 Å². The standard InChI is InChI=1S/C25H26Cl2FNO2/c1-5-31-25(30)20-11-12-29(15(2)3)24(20)21(19-10-9-18(26)13-16(19)4)14-17-7-6-8-22(27)23(17)28/h6-13,15,21H,5,14H2,1-4H3. The average Bonchev–Trinajstić information content (AvgIpc) is 3.15. The first-order chi connectivity index (χ1) is 14.7. The maximum absolute atomic E-state index is 14.9. The van der Waals surface area contributed by atoms with Gasteiger partial charge in [0.2, 0.25) is 0 Å². The van der Waals surface area contributed by atoms with Crippen molar-refractivity contribution in [1.82, 2.24) is 4.57 Å². The van der Waals surface area contributed by atoms with Gasteiger partial charge in [0.25, 0.3) is 0 Å². The van der Waals surface area contributed by atoms with E-state index in [1.54, 1.807) is 25.1 Å². The van der Waals surface area contributed by atoms with Crippen LogP contribution in [0.2, 0.25) is 10.0 Å². The van der Waals surface area contributed by atoms with Crippen LogP contribution in [-0.4, -0.2) is 17.1 Å². The average molecular weight is 462 g/mol. The Bertz CT molecular complexity index is 1090. The second-order valence-corrected chi connectivity index (χ2v) is 8.65. The first kappa shape index (κ1) is 23.4. The van der Waals surface area contributed by atoms with Crippen LogP contribution in [0, 0.1) is 12.7 Å². The predicted octanol–water partition coefficient (Wildman–Crippen LogP) is 7.37. The van der Waals surface area contributed by atoms with Crippen molar-refractivity contribution in [2.24, 2.45) is 0 Å². The molecule has 6 heteroatoms. The van der Waals surface area contributed by atoms with Crippen molar-refractivity contribution in [2.45, 2.75) is 46.1 Å². The summed E-state index contributed by atoms with van der Waals surface area (Å²) in [6.07, 6.45) is 2.22. The molecule has 1 unspecified atom stereocenters. The van der Waals surface area contributed by atoms with E-state index in [1.165, 1.54) is 6.07 Å². The molecule has 0 saturated heterocycles. The second kappa shape index (κ2) is 9.88. The molecule has 0 spiro atoms. The highest BCUT2D eigenvalue weighted by molar-refractivity contribution is 6.31. The van der Waals surface area contributed by atoms with E-state index in [0.717, 1.165) is 16.8 Å². The number of nitrogens with zero attached hydrogens (tertiary/aromatic N) is 1. The van der Waals surface area contributed by atoms with Gasteiger partial charge in [-0.25, -0.2) is 9.18 Å². The van der Waals surface area contributed by atoms with Gasteiger partial charge in [0.1, 0.15) is 5.82 Å². The molecular formula is C25H26Cl2FNO2. The highest BCUT2D eigenvalue weighted by Crippen LogP contribution is 2.37. The number of halogens is 3. The predicted molar refractivity (Wildman–Crippen MR) is 124 cm³/mol. The summed E-state index contributed by atoms with van der Waals surface area (Å²) < 4.78 is 22.2. The minimum absolute atomic E-state index is 0.0777. The Morgan fingerprint density at radius 3 is 2.55 bits per heavy atom. The largest absolute Gasteiger partial charge is 0.462 e. The van der Waals surface area contributed by atoms with Gasteiger partial charge >= 0.3 is 5.97 Å². The monoisotopic (exact) mass is 461 g/mol. The molecule has 0 aliphatic carbocycles. The highest BCUT2D eigenvalue weighted by Gasteiger charge is 2.29. The fraction of sp³-hybridized carbons (Fsp3) is 0.320. The van der Waals surface area contributed by atoms with E-state index in [2.05, 4.69) is 0 Å². The summed E-state index contributed by atoms with van der Waals surface area (Å²) >= 11 is 12.3. The van der Waals surface area contributed by atoms with Gasteiger partial charge in [-0.05, 0) is 75.1 Å². The molecule has 0 bridgehead atoms. The lowest BCUT2D eigenvalue weighted by Gasteiger charge is -2.25. The molecule has 0 aliphatic rings. The first-order valence-electron chi connectivity index (χ1n) is 10.3. The summed E-state index contributed by atoms with van der Waals surface area (Å²) in [5.41, 5.74) is 3.69. The lowest BCUT2D eigenvalue weighted by atomic mass is 9.84. The fourth-order valence-electron chi connectivity index (χ4n) is 3.97. The lowest BCUT2D eigenvalue weighted by molar-refractivity contribution is 0.0524. The van der Waals surface area contributed by atoms with Gasteiger partial charge in [-0.15, -0.1) is 0 Å². The number of ether oxygens (including phenoxy) is 1. The quantitative estimate of drug-likeness (QED) is 0.343. The number of carbonyl (C=O) groups is 1.